The fraction of sp³-hybridized carbons (Fsp3) is 0.100. The Morgan fingerprint density at radius 2 is 2.27 bits per heavy atom. The van der Waals surface area contributed by atoms with E-state index in [9.17, 15) is 9.59 Å². The van der Waals surface area contributed by atoms with Gasteiger partial charge in [0.1, 0.15) is 5.65 Å². The molecular weight excluding hydrogens is 196 g/mol. The fourth-order valence-corrected chi connectivity index (χ4v) is 1.26. The number of esters is 1. The molecule has 2 aromatic heterocycles. The first-order valence-corrected chi connectivity index (χ1v) is 4.29. The lowest BCUT2D eigenvalue weighted by atomic mass is 10.4. The van der Waals surface area contributed by atoms with Gasteiger partial charge in [-0.15, -0.1) is 0 Å². The van der Waals surface area contributed by atoms with Gasteiger partial charge in [0.15, 0.2) is 5.69 Å². The van der Waals surface area contributed by atoms with Gasteiger partial charge in [-0.3, -0.25) is 9.20 Å². The highest BCUT2D eigenvalue weighted by Crippen LogP contribution is 1.99. The molecule has 0 aliphatic carbocycles. The average Bonchev–Trinajstić information content (AvgIpc) is 2.28. The van der Waals surface area contributed by atoms with Crippen LogP contribution in [0.25, 0.3) is 5.65 Å². The van der Waals surface area contributed by atoms with Gasteiger partial charge in [-0.05, 0) is 12.1 Å². The number of aromatic nitrogens is 2. The summed E-state index contributed by atoms with van der Waals surface area (Å²) in [6.45, 7) is 0. The Morgan fingerprint density at radius 1 is 1.47 bits per heavy atom. The first kappa shape index (κ1) is 9.39. The minimum absolute atomic E-state index is 0.0219. The van der Waals surface area contributed by atoms with Crippen molar-refractivity contribution >= 4 is 11.6 Å². The molecule has 0 fully saturated rings. The highest BCUT2D eigenvalue weighted by atomic mass is 16.5. The number of nitrogens with zero attached hydrogens (tertiary/aromatic N) is 2. The van der Waals surface area contributed by atoms with Crippen molar-refractivity contribution in [3.63, 3.8) is 0 Å². The van der Waals surface area contributed by atoms with Crippen molar-refractivity contribution in [1.82, 2.24) is 9.38 Å². The largest absolute Gasteiger partial charge is 0.464 e. The van der Waals surface area contributed by atoms with Gasteiger partial charge in [0.05, 0.1) is 7.11 Å². The van der Waals surface area contributed by atoms with Crippen LogP contribution >= 0.6 is 0 Å². The van der Waals surface area contributed by atoms with Crippen LogP contribution in [-0.4, -0.2) is 22.5 Å². The summed E-state index contributed by atoms with van der Waals surface area (Å²) in [4.78, 5) is 26.7. The molecule has 76 valence electrons. The van der Waals surface area contributed by atoms with E-state index in [1.54, 1.807) is 24.4 Å². The van der Waals surface area contributed by atoms with Crippen molar-refractivity contribution < 1.29 is 9.53 Å². The molecule has 0 aliphatic heterocycles. The normalized spacial score (nSPS) is 10.2. The summed E-state index contributed by atoms with van der Waals surface area (Å²) in [5.74, 6) is -0.613. The third kappa shape index (κ3) is 1.59. The van der Waals surface area contributed by atoms with Crippen LogP contribution in [0.2, 0.25) is 0 Å². The fourth-order valence-electron chi connectivity index (χ4n) is 1.26. The van der Waals surface area contributed by atoms with Crippen molar-refractivity contribution in [3.05, 3.63) is 46.5 Å². The van der Waals surface area contributed by atoms with Crippen LogP contribution in [-0.2, 0) is 4.74 Å². The Hall–Kier alpha value is -2.17. The Balaban J connectivity index is 2.73. The number of carbonyl (C=O) groups is 1. The first-order valence-electron chi connectivity index (χ1n) is 4.29. The Kier molecular flexibility index (Phi) is 2.21. The zero-order chi connectivity index (χ0) is 10.8. The SMILES string of the molecule is COC(=O)c1cc(=O)n2ccccc2n1. The summed E-state index contributed by atoms with van der Waals surface area (Å²) < 4.78 is 5.84. The predicted octanol–water partition coefficient (Wildman–Crippen LogP) is 0.481. The Labute approximate surface area is 84.9 Å². The molecule has 2 aromatic rings. The molecule has 5 heteroatoms. The van der Waals surface area contributed by atoms with E-state index in [1.807, 2.05) is 0 Å². The van der Waals surface area contributed by atoms with Crippen molar-refractivity contribution in [2.45, 2.75) is 0 Å². The van der Waals surface area contributed by atoms with Gasteiger partial charge in [-0.25, -0.2) is 9.78 Å². The van der Waals surface area contributed by atoms with Gasteiger partial charge < -0.3 is 4.74 Å². The smallest absolute Gasteiger partial charge is 0.356 e. The monoisotopic (exact) mass is 204 g/mol. The molecule has 2 heterocycles. The van der Waals surface area contributed by atoms with E-state index >= 15 is 0 Å². The average molecular weight is 204 g/mol. The molecule has 0 spiro atoms. The van der Waals surface area contributed by atoms with Gasteiger partial charge in [-0.2, -0.15) is 0 Å². The summed E-state index contributed by atoms with van der Waals surface area (Å²) in [6.07, 6.45) is 1.59. The Morgan fingerprint density at radius 3 is 3.00 bits per heavy atom. The number of ether oxygens (including phenoxy) is 1. The highest BCUT2D eigenvalue weighted by molar-refractivity contribution is 5.87. The first-order chi connectivity index (χ1) is 7.22. The minimum Gasteiger partial charge on any atom is -0.464 e. The van der Waals surface area contributed by atoms with Gasteiger partial charge in [-0.1, -0.05) is 6.07 Å². The van der Waals surface area contributed by atoms with E-state index in [1.165, 1.54) is 11.5 Å². The molecular formula is C10H8N2O3. The maximum atomic E-state index is 11.5. The maximum Gasteiger partial charge on any atom is 0.356 e. The van der Waals surface area contributed by atoms with Gasteiger partial charge in [0.25, 0.3) is 5.56 Å². The molecule has 0 bridgehead atoms. The summed E-state index contributed by atoms with van der Waals surface area (Å²) in [6, 6.07) is 6.25. The van der Waals surface area contributed by atoms with Gasteiger partial charge >= 0.3 is 5.97 Å². The molecule has 2 rings (SSSR count). The lowest BCUT2D eigenvalue weighted by molar-refractivity contribution is 0.0594. The Bertz CT molecular complexity index is 574. The van der Waals surface area contributed by atoms with Crippen LogP contribution in [0.1, 0.15) is 10.5 Å². The molecule has 0 unspecified atom stereocenters. The van der Waals surface area contributed by atoms with Crippen molar-refractivity contribution in [2.24, 2.45) is 0 Å². The second kappa shape index (κ2) is 3.53. The van der Waals surface area contributed by atoms with Crippen molar-refractivity contribution in [2.75, 3.05) is 7.11 Å². The standard InChI is InChI=1S/C10H8N2O3/c1-15-10(14)7-6-9(13)12-5-3-2-4-8(12)11-7/h2-6H,1H3. The third-order valence-electron chi connectivity index (χ3n) is 1.97. The quantitative estimate of drug-likeness (QED) is 0.634. The van der Waals surface area contributed by atoms with Crippen LogP contribution in [0.4, 0.5) is 0 Å². The van der Waals surface area contributed by atoms with Gasteiger partial charge in [0.2, 0.25) is 0 Å². The zero-order valence-electron chi connectivity index (χ0n) is 8.01. The summed E-state index contributed by atoms with van der Waals surface area (Å²) in [5, 5.41) is 0. The number of methoxy groups -OCH3 is 1. The van der Waals surface area contributed by atoms with Crippen molar-refractivity contribution in [1.29, 1.82) is 0 Å². The number of hydrogen-bond donors (Lipinski definition) is 0. The minimum atomic E-state index is -0.613. The molecule has 0 saturated heterocycles. The van der Waals surface area contributed by atoms with E-state index in [-0.39, 0.29) is 11.3 Å². The molecule has 0 saturated carbocycles. The van der Waals surface area contributed by atoms with Crippen LogP contribution in [0.5, 0.6) is 0 Å². The van der Waals surface area contributed by atoms with Gasteiger partial charge in [0, 0.05) is 12.3 Å². The second-order valence-corrected chi connectivity index (χ2v) is 2.90. The van der Waals surface area contributed by atoms with Crippen LogP contribution < -0.4 is 5.56 Å². The molecule has 0 N–H and O–H groups in total. The lowest BCUT2D eigenvalue weighted by Crippen LogP contribution is -2.17. The molecule has 15 heavy (non-hydrogen) atoms. The predicted molar refractivity (Wildman–Crippen MR) is 52.8 cm³/mol. The van der Waals surface area contributed by atoms with Crippen LogP contribution in [0, 0.1) is 0 Å². The molecule has 0 amide bonds. The third-order valence-corrected chi connectivity index (χ3v) is 1.97. The molecule has 0 aromatic carbocycles. The van der Waals surface area contributed by atoms with Crippen LogP contribution in [0.3, 0.4) is 0 Å². The summed E-state index contributed by atoms with van der Waals surface area (Å²) >= 11 is 0. The van der Waals surface area contributed by atoms with Crippen LogP contribution in [0.15, 0.2) is 35.3 Å². The summed E-state index contributed by atoms with van der Waals surface area (Å²) in [7, 11) is 1.25. The second-order valence-electron chi connectivity index (χ2n) is 2.90. The summed E-state index contributed by atoms with van der Waals surface area (Å²) in [5.41, 5.74) is 0.139. The molecule has 0 radical (unpaired) electrons. The molecule has 5 nitrogen and oxygen atoms in total. The number of carbonyl (C=O) groups excluding carboxylic acids is 1. The van der Waals surface area contributed by atoms with E-state index in [0.29, 0.717) is 5.65 Å². The number of pyridine rings is 1. The molecule has 0 aliphatic rings. The van der Waals surface area contributed by atoms with E-state index in [0.717, 1.165) is 6.07 Å². The number of rotatable bonds is 1. The number of hydrogen-bond acceptors (Lipinski definition) is 4. The zero-order valence-corrected chi connectivity index (χ0v) is 8.01. The van der Waals surface area contributed by atoms with E-state index < -0.39 is 5.97 Å². The van der Waals surface area contributed by atoms with E-state index in [4.69, 9.17) is 0 Å². The number of fused-ring (bicyclic) bond motifs is 1. The topological polar surface area (TPSA) is 60.7 Å². The highest BCUT2D eigenvalue weighted by Gasteiger charge is 2.09. The maximum absolute atomic E-state index is 11.5. The lowest BCUT2D eigenvalue weighted by Gasteiger charge is -2.01. The van der Waals surface area contributed by atoms with E-state index in [2.05, 4.69) is 9.72 Å². The van der Waals surface area contributed by atoms with Crippen molar-refractivity contribution in [3.8, 4) is 0 Å². The molecule has 0 atom stereocenters.